The minimum atomic E-state index is 0.522. The SMILES string of the molecule is N=C(Nc1ccc2ccn(CCCN3CCCC3)c2c1)C1=CCCS1. The number of aryl methyl sites for hydroxylation is 1. The molecule has 0 amide bonds. The summed E-state index contributed by atoms with van der Waals surface area (Å²) in [5.41, 5.74) is 2.26. The second-order valence-electron chi connectivity index (χ2n) is 6.89. The Labute approximate surface area is 153 Å². The Morgan fingerprint density at radius 2 is 2.04 bits per heavy atom. The molecule has 3 heterocycles. The molecule has 1 fully saturated rings. The summed E-state index contributed by atoms with van der Waals surface area (Å²) < 4.78 is 2.35. The predicted molar refractivity (Wildman–Crippen MR) is 109 cm³/mol. The number of likely N-dealkylation sites (tertiary alicyclic amines) is 1. The molecule has 1 aromatic heterocycles. The molecule has 1 saturated heterocycles. The monoisotopic (exact) mass is 354 g/mol. The van der Waals surface area contributed by atoms with Gasteiger partial charge in [-0.15, -0.1) is 11.8 Å². The van der Waals surface area contributed by atoms with E-state index in [0.717, 1.165) is 29.3 Å². The highest BCUT2D eigenvalue weighted by atomic mass is 32.2. The number of benzene rings is 1. The van der Waals surface area contributed by atoms with Crippen molar-refractivity contribution in [3.05, 3.63) is 41.4 Å². The number of thioether (sulfide) groups is 1. The van der Waals surface area contributed by atoms with Gasteiger partial charge in [-0.25, -0.2) is 0 Å². The van der Waals surface area contributed by atoms with Crippen LogP contribution in [0.1, 0.15) is 25.7 Å². The van der Waals surface area contributed by atoms with E-state index < -0.39 is 0 Å². The molecule has 4 rings (SSSR count). The summed E-state index contributed by atoms with van der Waals surface area (Å²) in [4.78, 5) is 3.65. The maximum absolute atomic E-state index is 8.24. The molecule has 2 aliphatic rings. The number of nitrogens with one attached hydrogen (secondary N) is 2. The molecule has 0 bridgehead atoms. The lowest BCUT2D eigenvalue weighted by atomic mass is 10.2. The Balaban J connectivity index is 1.42. The highest BCUT2D eigenvalue weighted by Gasteiger charge is 2.12. The second kappa shape index (κ2) is 7.67. The van der Waals surface area contributed by atoms with Crippen LogP contribution in [-0.4, -0.2) is 40.7 Å². The van der Waals surface area contributed by atoms with Gasteiger partial charge in [0.1, 0.15) is 5.84 Å². The van der Waals surface area contributed by atoms with Crippen molar-refractivity contribution in [1.29, 1.82) is 5.41 Å². The van der Waals surface area contributed by atoms with Crippen molar-refractivity contribution >= 4 is 34.2 Å². The van der Waals surface area contributed by atoms with E-state index in [4.69, 9.17) is 5.41 Å². The molecule has 1 aromatic carbocycles. The van der Waals surface area contributed by atoms with Crippen LogP contribution < -0.4 is 5.32 Å². The lowest BCUT2D eigenvalue weighted by molar-refractivity contribution is 0.326. The summed E-state index contributed by atoms with van der Waals surface area (Å²) in [5.74, 6) is 1.62. The standard InChI is InChI=1S/C20H26N4S/c21-20(19-5-3-14-25-19)22-17-7-6-16-8-13-24(18(16)15-17)12-4-11-23-9-1-2-10-23/h5-8,13,15H,1-4,9-12,14H2,(H2,21,22). The molecule has 2 aliphatic heterocycles. The average molecular weight is 355 g/mol. The molecule has 25 heavy (non-hydrogen) atoms. The average Bonchev–Trinajstić information content (AvgIpc) is 3.37. The Morgan fingerprint density at radius 1 is 1.16 bits per heavy atom. The first-order valence-electron chi connectivity index (χ1n) is 9.30. The predicted octanol–water partition coefficient (Wildman–Crippen LogP) is 4.54. The summed E-state index contributed by atoms with van der Waals surface area (Å²) in [6, 6.07) is 8.60. The first-order valence-corrected chi connectivity index (χ1v) is 10.3. The molecular weight excluding hydrogens is 328 g/mol. The third kappa shape index (κ3) is 3.93. The maximum Gasteiger partial charge on any atom is 0.136 e. The zero-order valence-electron chi connectivity index (χ0n) is 14.6. The van der Waals surface area contributed by atoms with Crippen molar-refractivity contribution in [3.63, 3.8) is 0 Å². The molecule has 132 valence electrons. The topological polar surface area (TPSA) is 44.1 Å². The van der Waals surface area contributed by atoms with E-state index in [1.807, 2.05) is 0 Å². The van der Waals surface area contributed by atoms with E-state index in [9.17, 15) is 0 Å². The molecule has 0 saturated carbocycles. The van der Waals surface area contributed by atoms with Gasteiger partial charge in [0.15, 0.2) is 0 Å². The van der Waals surface area contributed by atoms with Crippen molar-refractivity contribution in [3.8, 4) is 0 Å². The van der Waals surface area contributed by atoms with Gasteiger partial charge < -0.3 is 14.8 Å². The van der Waals surface area contributed by atoms with Gasteiger partial charge in [0.2, 0.25) is 0 Å². The third-order valence-electron chi connectivity index (χ3n) is 5.07. The van der Waals surface area contributed by atoms with Crippen LogP contribution in [0.15, 0.2) is 41.4 Å². The van der Waals surface area contributed by atoms with Crippen LogP contribution in [0, 0.1) is 5.41 Å². The lowest BCUT2D eigenvalue weighted by Gasteiger charge is -2.15. The number of fused-ring (bicyclic) bond motifs is 1. The number of nitrogens with zero attached hydrogens (tertiary/aromatic N) is 2. The molecular formula is C20H26N4S. The minimum absolute atomic E-state index is 0.522. The molecule has 2 N–H and O–H groups in total. The Morgan fingerprint density at radius 3 is 2.84 bits per heavy atom. The first-order chi connectivity index (χ1) is 12.3. The van der Waals surface area contributed by atoms with Crippen LogP contribution in [0.3, 0.4) is 0 Å². The number of hydrogen-bond donors (Lipinski definition) is 2. The molecule has 5 heteroatoms. The van der Waals surface area contributed by atoms with Gasteiger partial charge in [-0.3, -0.25) is 5.41 Å². The van der Waals surface area contributed by atoms with Crippen LogP contribution in [0.5, 0.6) is 0 Å². The Bertz CT molecular complexity index is 786. The number of aromatic nitrogens is 1. The van der Waals surface area contributed by atoms with Gasteiger partial charge in [0.05, 0.1) is 5.52 Å². The quantitative estimate of drug-likeness (QED) is 0.591. The van der Waals surface area contributed by atoms with Gasteiger partial charge >= 0.3 is 0 Å². The van der Waals surface area contributed by atoms with E-state index >= 15 is 0 Å². The van der Waals surface area contributed by atoms with Gasteiger partial charge in [0, 0.05) is 29.1 Å². The molecule has 0 atom stereocenters. The molecule has 0 spiro atoms. The van der Waals surface area contributed by atoms with Gasteiger partial charge in [-0.1, -0.05) is 12.1 Å². The van der Waals surface area contributed by atoms with E-state index in [0.29, 0.717) is 5.84 Å². The van der Waals surface area contributed by atoms with E-state index in [1.54, 1.807) is 11.8 Å². The molecule has 0 aliphatic carbocycles. The Hall–Kier alpha value is -1.72. The van der Waals surface area contributed by atoms with Crippen molar-refractivity contribution in [1.82, 2.24) is 9.47 Å². The number of rotatable bonds is 6. The fourth-order valence-electron chi connectivity index (χ4n) is 3.73. The van der Waals surface area contributed by atoms with Crippen molar-refractivity contribution in [2.75, 3.05) is 30.7 Å². The summed E-state index contributed by atoms with van der Waals surface area (Å²) in [5, 5.41) is 12.8. The zero-order chi connectivity index (χ0) is 17.1. The van der Waals surface area contributed by atoms with Crippen LogP contribution in [0.25, 0.3) is 10.9 Å². The minimum Gasteiger partial charge on any atom is -0.347 e. The summed E-state index contributed by atoms with van der Waals surface area (Å²) >= 11 is 1.77. The Kier molecular flexibility index (Phi) is 5.13. The number of anilines is 1. The molecule has 4 nitrogen and oxygen atoms in total. The van der Waals surface area contributed by atoms with E-state index in [2.05, 4.69) is 51.3 Å². The maximum atomic E-state index is 8.24. The smallest absolute Gasteiger partial charge is 0.136 e. The van der Waals surface area contributed by atoms with E-state index in [-0.39, 0.29) is 0 Å². The number of hydrogen-bond acceptors (Lipinski definition) is 3. The fourth-order valence-corrected chi connectivity index (χ4v) is 4.61. The molecule has 0 unspecified atom stereocenters. The van der Waals surface area contributed by atoms with Crippen molar-refractivity contribution in [2.24, 2.45) is 0 Å². The zero-order valence-corrected chi connectivity index (χ0v) is 15.4. The van der Waals surface area contributed by atoms with Crippen LogP contribution in [-0.2, 0) is 6.54 Å². The van der Waals surface area contributed by atoms with Gasteiger partial charge in [-0.05, 0) is 68.9 Å². The highest BCUT2D eigenvalue weighted by molar-refractivity contribution is 8.04. The summed E-state index contributed by atoms with van der Waals surface area (Å²) in [6.07, 6.45) is 9.34. The van der Waals surface area contributed by atoms with Crippen molar-refractivity contribution in [2.45, 2.75) is 32.2 Å². The highest BCUT2D eigenvalue weighted by Crippen LogP contribution is 2.27. The van der Waals surface area contributed by atoms with Crippen LogP contribution in [0.2, 0.25) is 0 Å². The van der Waals surface area contributed by atoms with Crippen molar-refractivity contribution < 1.29 is 0 Å². The second-order valence-corrected chi connectivity index (χ2v) is 8.03. The summed E-state index contributed by atoms with van der Waals surface area (Å²) in [6.45, 7) is 4.81. The normalized spacial score (nSPS) is 18.0. The number of allylic oxidation sites excluding steroid dienone is 1. The third-order valence-corrected chi connectivity index (χ3v) is 6.19. The van der Waals surface area contributed by atoms with E-state index in [1.165, 1.54) is 49.8 Å². The number of amidine groups is 1. The summed E-state index contributed by atoms with van der Waals surface area (Å²) in [7, 11) is 0. The first kappa shape index (κ1) is 16.7. The van der Waals surface area contributed by atoms with Crippen LogP contribution in [0.4, 0.5) is 5.69 Å². The largest absolute Gasteiger partial charge is 0.347 e. The van der Waals surface area contributed by atoms with Gasteiger partial charge in [0.25, 0.3) is 0 Å². The lowest BCUT2D eigenvalue weighted by Crippen LogP contribution is -2.21. The fraction of sp³-hybridized carbons (Fsp3) is 0.450. The molecule has 0 radical (unpaired) electrons. The molecule has 2 aromatic rings. The van der Waals surface area contributed by atoms with Gasteiger partial charge in [-0.2, -0.15) is 0 Å². The van der Waals surface area contributed by atoms with Crippen LogP contribution >= 0.6 is 11.8 Å².